The molecule has 2 amide bonds. The summed E-state index contributed by atoms with van der Waals surface area (Å²) in [6.45, 7) is 7.43. The molecule has 10 heteroatoms. The zero-order valence-corrected chi connectivity index (χ0v) is 24.1. The Bertz CT molecular complexity index is 1190. The number of aromatic nitrogens is 1. The molecule has 1 aromatic heterocycles. The lowest BCUT2D eigenvalue weighted by Crippen LogP contribution is -2.62. The minimum atomic E-state index is -1.08. The number of piperidine rings is 2. The number of anilines is 1. The molecule has 3 fully saturated rings. The third kappa shape index (κ3) is 7.29. The molecule has 3 heterocycles. The second kappa shape index (κ2) is 12.2. The number of nitrogens with zero attached hydrogens (tertiary/aromatic N) is 2. The highest BCUT2D eigenvalue weighted by molar-refractivity contribution is 6.40. The molecule has 0 radical (unpaired) electrons. The highest BCUT2D eigenvalue weighted by atomic mass is 35.5. The van der Waals surface area contributed by atoms with Gasteiger partial charge in [-0.25, -0.2) is 4.79 Å². The van der Waals surface area contributed by atoms with Crippen LogP contribution < -0.4 is 10.6 Å². The Balaban J connectivity index is 1.41. The van der Waals surface area contributed by atoms with Gasteiger partial charge in [0.05, 0.1) is 21.7 Å². The molecule has 2 unspecified atom stereocenters. The van der Waals surface area contributed by atoms with E-state index >= 15 is 0 Å². The zero-order valence-electron chi connectivity index (χ0n) is 22.5. The average Bonchev–Trinajstić information content (AvgIpc) is 2.88. The zero-order chi connectivity index (χ0) is 28.3. The topological polar surface area (TPSA) is 112 Å². The normalized spacial score (nSPS) is 21.8. The third-order valence-corrected chi connectivity index (χ3v) is 8.32. The fraction of sp³-hybridized carbons (Fsp3) is 0.517. The van der Waals surface area contributed by atoms with E-state index in [-0.39, 0.29) is 45.3 Å². The number of hydrogen-bond donors (Lipinski definition) is 3. The van der Waals surface area contributed by atoms with E-state index in [0.717, 1.165) is 44.2 Å². The molecular formula is C29H36Cl2N4O4. The molecule has 0 spiro atoms. The Labute approximate surface area is 239 Å². The lowest BCUT2D eigenvalue weighted by Gasteiger charge is -2.51. The summed E-state index contributed by atoms with van der Waals surface area (Å²) in [6, 6.07) is 5.84. The highest BCUT2D eigenvalue weighted by Gasteiger charge is 2.45. The quantitative estimate of drug-likeness (QED) is 0.368. The number of nitrogens with one attached hydrogen (secondary N) is 2. The predicted molar refractivity (Wildman–Crippen MR) is 152 cm³/mol. The second-order valence-electron chi connectivity index (χ2n) is 11.8. The Morgan fingerprint density at radius 2 is 1.67 bits per heavy atom. The number of fused-ring (bicyclic) bond motifs is 3. The number of pyridine rings is 1. The van der Waals surface area contributed by atoms with Gasteiger partial charge in [0.25, 0.3) is 5.91 Å². The number of rotatable bonds is 9. The van der Waals surface area contributed by atoms with Gasteiger partial charge in [0, 0.05) is 30.5 Å². The Morgan fingerprint density at radius 1 is 1.05 bits per heavy atom. The maximum Gasteiger partial charge on any atom is 0.326 e. The molecule has 1 aliphatic carbocycles. The molecule has 3 N–H and O–H groups in total. The first-order chi connectivity index (χ1) is 18.4. The summed E-state index contributed by atoms with van der Waals surface area (Å²) in [5, 5.41) is 15.8. The molecule has 2 saturated heterocycles. The lowest BCUT2D eigenvalue weighted by atomic mass is 9.73. The Kier molecular flexibility index (Phi) is 9.19. The average molecular weight is 576 g/mol. The first-order valence-electron chi connectivity index (χ1n) is 13.4. The van der Waals surface area contributed by atoms with Gasteiger partial charge in [0.15, 0.2) is 0 Å². The summed E-state index contributed by atoms with van der Waals surface area (Å²) >= 11 is 12.1. The van der Waals surface area contributed by atoms with Gasteiger partial charge in [-0.15, -0.1) is 0 Å². The number of carboxylic acid groups (broad SMARTS) is 1. The SMILES string of the molecule is CC(C)(C)CCN1C2CCC(CC2)C1C(=O)NC(Cc1ccc(NC(=O)c2c(Cl)cncc2Cl)cc1)C(=O)O. The summed E-state index contributed by atoms with van der Waals surface area (Å²) in [7, 11) is 0. The van der Waals surface area contributed by atoms with Crippen molar-refractivity contribution in [1.82, 2.24) is 15.2 Å². The van der Waals surface area contributed by atoms with E-state index in [0.29, 0.717) is 11.7 Å². The molecule has 39 heavy (non-hydrogen) atoms. The van der Waals surface area contributed by atoms with Crippen LogP contribution in [0, 0.1) is 11.3 Å². The number of amides is 2. The van der Waals surface area contributed by atoms with Crippen LogP contribution in [0.1, 0.15) is 68.8 Å². The number of benzene rings is 1. The van der Waals surface area contributed by atoms with E-state index in [2.05, 4.69) is 41.3 Å². The van der Waals surface area contributed by atoms with Crippen molar-refractivity contribution in [3.8, 4) is 0 Å². The van der Waals surface area contributed by atoms with Gasteiger partial charge >= 0.3 is 5.97 Å². The molecule has 210 valence electrons. The minimum Gasteiger partial charge on any atom is -0.480 e. The van der Waals surface area contributed by atoms with Gasteiger partial charge in [-0.2, -0.15) is 0 Å². The molecule has 8 nitrogen and oxygen atoms in total. The van der Waals surface area contributed by atoms with Gasteiger partial charge in [-0.3, -0.25) is 19.5 Å². The molecule has 1 saturated carbocycles. The summed E-state index contributed by atoms with van der Waals surface area (Å²) in [5.41, 5.74) is 1.50. The van der Waals surface area contributed by atoms with Crippen LogP contribution in [-0.2, 0) is 16.0 Å². The number of carbonyl (C=O) groups excluding carboxylic acids is 2. The molecule has 3 aliphatic rings. The van der Waals surface area contributed by atoms with Gasteiger partial charge in [0.1, 0.15) is 6.04 Å². The van der Waals surface area contributed by atoms with Crippen LogP contribution in [0.15, 0.2) is 36.7 Å². The van der Waals surface area contributed by atoms with Gasteiger partial charge in [0.2, 0.25) is 5.91 Å². The summed E-state index contributed by atoms with van der Waals surface area (Å²) in [4.78, 5) is 44.4. The van der Waals surface area contributed by atoms with E-state index in [9.17, 15) is 19.5 Å². The molecular weight excluding hydrogens is 539 g/mol. The molecule has 2 aromatic rings. The molecule has 2 aliphatic heterocycles. The number of carboxylic acids is 1. The standard InChI is InChI=1S/C29H36Cl2N4O4/c1-29(2,3)12-13-35-20-10-6-18(7-11-20)25(35)27(37)34-23(28(38)39)14-17-4-8-19(9-5-17)33-26(36)24-21(30)15-32-16-22(24)31/h4-5,8-9,15-16,18,20,23,25H,6-7,10-14H2,1-3H3,(H,33,36)(H,34,37)(H,38,39). The molecule has 2 atom stereocenters. The second-order valence-corrected chi connectivity index (χ2v) is 12.6. The van der Waals surface area contributed by atoms with E-state index < -0.39 is 17.9 Å². The van der Waals surface area contributed by atoms with Crippen molar-refractivity contribution in [3.63, 3.8) is 0 Å². The van der Waals surface area contributed by atoms with Crippen LogP contribution in [0.2, 0.25) is 10.0 Å². The largest absolute Gasteiger partial charge is 0.480 e. The number of aliphatic carboxylic acids is 1. The van der Waals surface area contributed by atoms with Gasteiger partial charge < -0.3 is 15.7 Å². The van der Waals surface area contributed by atoms with Crippen molar-refractivity contribution < 1.29 is 19.5 Å². The van der Waals surface area contributed by atoms with Crippen molar-refractivity contribution in [3.05, 3.63) is 57.8 Å². The number of hydrogen-bond acceptors (Lipinski definition) is 5. The van der Waals surface area contributed by atoms with E-state index in [1.807, 2.05) is 0 Å². The number of halogens is 2. The Hall–Kier alpha value is -2.68. The minimum absolute atomic E-state index is 0.124. The first-order valence-corrected chi connectivity index (χ1v) is 14.2. The summed E-state index contributed by atoms with van der Waals surface area (Å²) in [5.74, 6) is -1.49. The first kappa shape index (κ1) is 29.3. The maximum absolute atomic E-state index is 13.5. The van der Waals surface area contributed by atoms with E-state index in [1.54, 1.807) is 24.3 Å². The van der Waals surface area contributed by atoms with Crippen molar-refractivity contribution in [2.24, 2.45) is 11.3 Å². The molecule has 1 aromatic carbocycles. The van der Waals surface area contributed by atoms with Crippen LogP contribution >= 0.6 is 23.2 Å². The lowest BCUT2D eigenvalue weighted by molar-refractivity contribution is -0.145. The van der Waals surface area contributed by atoms with Gasteiger partial charge in [-0.05, 0) is 67.7 Å². The van der Waals surface area contributed by atoms with Gasteiger partial charge in [-0.1, -0.05) is 56.1 Å². The third-order valence-electron chi connectivity index (χ3n) is 7.75. The molecule has 2 bridgehead atoms. The monoisotopic (exact) mass is 574 g/mol. The summed E-state index contributed by atoms with van der Waals surface area (Å²) in [6.07, 6.45) is 8.00. The predicted octanol–water partition coefficient (Wildman–Crippen LogP) is 5.43. The smallest absolute Gasteiger partial charge is 0.326 e. The van der Waals surface area contributed by atoms with Crippen LogP contribution in [0.25, 0.3) is 0 Å². The highest BCUT2D eigenvalue weighted by Crippen LogP contribution is 2.40. The van der Waals surface area contributed by atoms with Crippen LogP contribution in [-0.4, -0.2) is 57.4 Å². The van der Waals surface area contributed by atoms with Crippen LogP contribution in [0.3, 0.4) is 0 Å². The van der Waals surface area contributed by atoms with Crippen LogP contribution in [0.4, 0.5) is 5.69 Å². The fourth-order valence-corrected chi connectivity index (χ4v) is 6.17. The van der Waals surface area contributed by atoms with E-state index in [4.69, 9.17) is 23.2 Å². The van der Waals surface area contributed by atoms with E-state index in [1.165, 1.54) is 12.4 Å². The van der Waals surface area contributed by atoms with Crippen molar-refractivity contribution in [2.45, 2.75) is 77.4 Å². The Morgan fingerprint density at radius 3 is 2.23 bits per heavy atom. The van der Waals surface area contributed by atoms with Crippen LogP contribution in [0.5, 0.6) is 0 Å². The van der Waals surface area contributed by atoms with Crippen molar-refractivity contribution in [1.29, 1.82) is 0 Å². The fourth-order valence-electron chi connectivity index (χ4n) is 5.64. The van der Waals surface area contributed by atoms with Crippen molar-refractivity contribution in [2.75, 3.05) is 11.9 Å². The summed E-state index contributed by atoms with van der Waals surface area (Å²) < 4.78 is 0. The van der Waals surface area contributed by atoms with Crippen molar-refractivity contribution >= 4 is 46.7 Å². The molecule has 5 rings (SSSR count). The maximum atomic E-state index is 13.5. The number of carbonyl (C=O) groups is 3.